The number of sulfonamides is 1. The van der Waals surface area contributed by atoms with Crippen molar-refractivity contribution in [2.24, 2.45) is 0 Å². The van der Waals surface area contributed by atoms with Crippen molar-refractivity contribution in [2.45, 2.75) is 43.5 Å². The second kappa shape index (κ2) is 7.48. The third kappa shape index (κ3) is 4.07. The highest BCUT2D eigenvalue weighted by Crippen LogP contribution is 2.29. The van der Waals surface area contributed by atoms with Gasteiger partial charge in [-0.1, -0.05) is 34.1 Å². The number of rotatable bonds is 5. The van der Waals surface area contributed by atoms with Crippen molar-refractivity contribution in [3.63, 3.8) is 0 Å². The average Bonchev–Trinajstić information content (AvgIpc) is 2.61. The minimum absolute atomic E-state index is 0.134. The number of hydrogen-bond donors (Lipinski definition) is 1. The van der Waals surface area contributed by atoms with E-state index in [0.29, 0.717) is 10.2 Å². The van der Waals surface area contributed by atoms with Crippen LogP contribution in [0.2, 0.25) is 0 Å². The van der Waals surface area contributed by atoms with Crippen molar-refractivity contribution in [1.82, 2.24) is 4.72 Å². The molecule has 0 heterocycles. The molecule has 0 saturated heterocycles. The first-order chi connectivity index (χ1) is 11.9. The van der Waals surface area contributed by atoms with Crippen LogP contribution in [0.15, 0.2) is 45.8 Å². The molecule has 0 bridgehead atoms. The van der Waals surface area contributed by atoms with Crippen molar-refractivity contribution in [3.8, 4) is 5.75 Å². The Morgan fingerprint density at radius 2 is 1.80 bits per heavy atom. The fourth-order valence-corrected chi connectivity index (χ4v) is 5.19. The first-order valence-electron chi connectivity index (χ1n) is 8.38. The number of benzene rings is 2. The van der Waals surface area contributed by atoms with Gasteiger partial charge in [-0.2, -0.15) is 0 Å². The quantitative estimate of drug-likeness (QED) is 0.775. The van der Waals surface area contributed by atoms with Crippen LogP contribution in [0.3, 0.4) is 0 Å². The summed E-state index contributed by atoms with van der Waals surface area (Å²) in [7, 11) is -2.23. The Balaban J connectivity index is 1.87. The van der Waals surface area contributed by atoms with E-state index < -0.39 is 10.0 Å². The highest BCUT2D eigenvalue weighted by molar-refractivity contribution is 9.10. The average molecular weight is 424 g/mol. The molecule has 2 aromatic carbocycles. The van der Waals surface area contributed by atoms with Crippen LogP contribution in [0.5, 0.6) is 5.75 Å². The molecule has 0 aromatic heterocycles. The van der Waals surface area contributed by atoms with Gasteiger partial charge in [0.2, 0.25) is 10.0 Å². The molecule has 3 rings (SSSR count). The summed E-state index contributed by atoms with van der Waals surface area (Å²) in [5, 5.41) is 0. The molecule has 25 heavy (non-hydrogen) atoms. The fourth-order valence-electron chi connectivity index (χ4n) is 3.25. The first-order valence-corrected chi connectivity index (χ1v) is 10.7. The summed E-state index contributed by atoms with van der Waals surface area (Å²) < 4.78 is 34.3. The zero-order chi connectivity index (χ0) is 18.0. The number of halogens is 1. The molecule has 134 valence electrons. The van der Waals surface area contributed by atoms with Crippen LogP contribution in [-0.4, -0.2) is 15.5 Å². The molecule has 0 spiro atoms. The standard InChI is InChI=1S/C19H22BrNO3S/c1-13(15-8-7-14-5-3-4-6-16(14)11-15)21-25(22,23)19-12-17(20)9-10-18(19)24-2/h7-13,21H,3-6H2,1-2H3. The molecule has 1 atom stereocenters. The number of aryl methyl sites for hydroxylation is 2. The normalized spacial score (nSPS) is 15.5. The number of nitrogens with one attached hydrogen (secondary N) is 1. The van der Waals surface area contributed by atoms with E-state index >= 15 is 0 Å². The predicted molar refractivity (Wildman–Crippen MR) is 103 cm³/mol. The van der Waals surface area contributed by atoms with E-state index in [1.807, 2.05) is 13.0 Å². The second-order valence-electron chi connectivity index (χ2n) is 6.37. The number of ether oxygens (including phenoxy) is 1. The molecular weight excluding hydrogens is 402 g/mol. The summed E-state index contributed by atoms with van der Waals surface area (Å²) in [6, 6.07) is 10.9. The smallest absolute Gasteiger partial charge is 0.244 e. The maximum atomic E-state index is 12.8. The van der Waals surface area contributed by atoms with Gasteiger partial charge in [0.05, 0.1) is 7.11 Å². The van der Waals surface area contributed by atoms with E-state index in [4.69, 9.17) is 4.74 Å². The topological polar surface area (TPSA) is 55.4 Å². The lowest BCUT2D eigenvalue weighted by Crippen LogP contribution is -2.27. The van der Waals surface area contributed by atoms with Gasteiger partial charge in [0, 0.05) is 10.5 Å². The fraction of sp³-hybridized carbons (Fsp3) is 0.368. The summed E-state index contributed by atoms with van der Waals surface area (Å²) in [5.74, 6) is 0.327. The molecule has 6 heteroatoms. The van der Waals surface area contributed by atoms with Gasteiger partial charge in [-0.15, -0.1) is 0 Å². The third-order valence-electron chi connectivity index (χ3n) is 4.62. The Hall–Kier alpha value is -1.37. The van der Waals surface area contributed by atoms with Crippen molar-refractivity contribution in [1.29, 1.82) is 0 Å². The Bertz CT molecular complexity index is 880. The zero-order valence-electron chi connectivity index (χ0n) is 14.4. The highest BCUT2D eigenvalue weighted by Gasteiger charge is 2.23. The van der Waals surface area contributed by atoms with E-state index in [1.54, 1.807) is 18.2 Å². The van der Waals surface area contributed by atoms with Crippen molar-refractivity contribution >= 4 is 26.0 Å². The molecule has 0 aliphatic heterocycles. The van der Waals surface area contributed by atoms with Gasteiger partial charge in [-0.05, 0) is 67.5 Å². The van der Waals surface area contributed by atoms with E-state index in [0.717, 1.165) is 18.4 Å². The van der Waals surface area contributed by atoms with Gasteiger partial charge in [-0.3, -0.25) is 0 Å². The molecule has 1 N–H and O–H groups in total. The van der Waals surface area contributed by atoms with Gasteiger partial charge in [-0.25, -0.2) is 13.1 Å². The van der Waals surface area contributed by atoms with Crippen molar-refractivity contribution < 1.29 is 13.2 Å². The summed E-state index contributed by atoms with van der Waals surface area (Å²) in [5.41, 5.74) is 3.71. The molecule has 1 unspecified atom stereocenters. The van der Waals surface area contributed by atoms with E-state index in [-0.39, 0.29) is 10.9 Å². The second-order valence-corrected chi connectivity index (χ2v) is 8.97. The molecule has 1 aliphatic carbocycles. The van der Waals surface area contributed by atoms with Crippen LogP contribution in [-0.2, 0) is 22.9 Å². The summed E-state index contributed by atoms with van der Waals surface area (Å²) >= 11 is 3.32. The molecule has 0 saturated carbocycles. The van der Waals surface area contributed by atoms with Crippen LogP contribution in [0.25, 0.3) is 0 Å². The third-order valence-corrected chi connectivity index (χ3v) is 6.67. The van der Waals surface area contributed by atoms with E-state index in [9.17, 15) is 8.42 Å². The highest BCUT2D eigenvalue weighted by atomic mass is 79.9. The number of hydrogen-bond acceptors (Lipinski definition) is 3. The number of fused-ring (bicyclic) bond motifs is 1. The lowest BCUT2D eigenvalue weighted by Gasteiger charge is -2.20. The Kier molecular flexibility index (Phi) is 5.51. The summed E-state index contributed by atoms with van der Waals surface area (Å²) in [6.45, 7) is 1.87. The van der Waals surface area contributed by atoms with E-state index in [1.165, 1.54) is 31.1 Å². The number of methoxy groups -OCH3 is 1. The van der Waals surface area contributed by atoms with Crippen LogP contribution in [0.1, 0.15) is 42.5 Å². The van der Waals surface area contributed by atoms with E-state index in [2.05, 4.69) is 32.8 Å². The maximum Gasteiger partial charge on any atom is 0.244 e. The van der Waals surface area contributed by atoms with Crippen LogP contribution in [0, 0.1) is 0 Å². The molecular formula is C19H22BrNO3S. The van der Waals surface area contributed by atoms with Gasteiger partial charge in [0.15, 0.2) is 0 Å². The minimum Gasteiger partial charge on any atom is -0.495 e. The molecule has 2 aromatic rings. The largest absolute Gasteiger partial charge is 0.495 e. The summed E-state index contributed by atoms with van der Waals surface area (Å²) in [4.78, 5) is 0.134. The minimum atomic E-state index is -3.70. The van der Waals surface area contributed by atoms with Gasteiger partial charge < -0.3 is 4.74 Å². The molecule has 1 aliphatic rings. The Labute approximate surface area is 157 Å². The maximum absolute atomic E-state index is 12.8. The van der Waals surface area contributed by atoms with Crippen molar-refractivity contribution in [2.75, 3.05) is 7.11 Å². The van der Waals surface area contributed by atoms with Gasteiger partial charge in [0.1, 0.15) is 10.6 Å². The van der Waals surface area contributed by atoms with Gasteiger partial charge >= 0.3 is 0 Å². The monoisotopic (exact) mass is 423 g/mol. The molecule has 0 radical (unpaired) electrons. The van der Waals surface area contributed by atoms with Crippen LogP contribution in [0.4, 0.5) is 0 Å². The first kappa shape index (κ1) is 18.4. The van der Waals surface area contributed by atoms with Crippen LogP contribution < -0.4 is 9.46 Å². The molecule has 0 fully saturated rings. The Morgan fingerprint density at radius 1 is 1.08 bits per heavy atom. The molecule has 0 amide bonds. The van der Waals surface area contributed by atoms with Gasteiger partial charge in [0.25, 0.3) is 0 Å². The Morgan fingerprint density at radius 3 is 2.52 bits per heavy atom. The van der Waals surface area contributed by atoms with Crippen LogP contribution >= 0.6 is 15.9 Å². The lowest BCUT2D eigenvalue weighted by atomic mass is 9.89. The molecule has 4 nitrogen and oxygen atoms in total. The lowest BCUT2D eigenvalue weighted by molar-refractivity contribution is 0.402. The predicted octanol–water partition coefficient (Wildman–Crippen LogP) is 4.38. The zero-order valence-corrected chi connectivity index (χ0v) is 16.8. The SMILES string of the molecule is COc1ccc(Br)cc1S(=O)(=O)NC(C)c1ccc2c(c1)CCCC2. The summed E-state index contributed by atoms with van der Waals surface area (Å²) in [6.07, 6.45) is 4.62. The van der Waals surface area contributed by atoms with Crippen molar-refractivity contribution in [3.05, 3.63) is 57.6 Å².